The number of rotatable bonds is 8. The van der Waals surface area contributed by atoms with Gasteiger partial charge in [-0.25, -0.2) is 16.8 Å². The Balaban J connectivity index is 2.24. The zero-order valence-electron chi connectivity index (χ0n) is 17.8. The number of benzene rings is 2. The quantitative estimate of drug-likeness (QED) is 0.664. The van der Waals surface area contributed by atoms with E-state index in [1.54, 1.807) is 24.3 Å². The number of amides is 1. The van der Waals surface area contributed by atoms with Crippen molar-refractivity contribution in [1.82, 2.24) is 5.32 Å². The van der Waals surface area contributed by atoms with Crippen LogP contribution in [0.5, 0.6) is 0 Å². The van der Waals surface area contributed by atoms with Crippen molar-refractivity contribution in [3.05, 3.63) is 59.2 Å². The molecule has 2 rings (SSSR count). The number of carbonyl (C=O) groups excluding carboxylic acids is 1. The molecule has 0 radical (unpaired) electrons. The average molecular weight is 453 g/mol. The summed E-state index contributed by atoms with van der Waals surface area (Å²) in [4.78, 5) is 12.9. The van der Waals surface area contributed by atoms with Crippen LogP contribution < -0.4 is 9.62 Å². The number of sulfone groups is 1. The minimum Gasteiger partial charge on any atom is -0.348 e. The molecule has 1 N–H and O–H groups in total. The molecule has 0 heterocycles. The molecular formula is C21H28N2O5S2. The van der Waals surface area contributed by atoms with Gasteiger partial charge in [0.2, 0.25) is 15.9 Å². The lowest BCUT2D eigenvalue weighted by Crippen LogP contribution is -2.41. The van der Waals surface area contributed by atoms with Crippen LogP contribution in [0, 0.1) is 13.8 Å². The van der Waals surface area contributed by atoms with Crippen LogP contribution in [0.3, 0.4) is 0 Å². The Bertz CT molecular complexity index is 1120. The van der Waals surface area contributed by atoms with E-state index in [4.69, 9.17) is 0 Å². The van der Waals surface area contributed by atoms with Gasteiger partial charge < -0.3 is 5.32 Å². The number of anilines is 1. The minimum atomic E-state index is -3.68. The highest BCUT2D eigenvalue weighted by atomic mass is 32.2. The first-order valence-corrected chi connectivity index (χ1v) is 13.2. The average Bonchev–Trinajstić information content (AvgIpc) is 2.65. The normalized spacial score (nSPS) is 13.0. The zero-order valence-corrected chi connectivity index (χ0v) is 19.5. The number of hydrogen-bond donors (Lipinski definition) is 1. The third-order valence-electron chi connectivity index (χ3n) is 4.99. The number of carbonyl (C=O) groups is 1. The van der Waals surface area contributed by atoms with Crippen molar-refractivity contribution in [2.45, 2.75) is 38.1 Å². The number of hydrogen-bond acceptors (Lipinski definition) is 5. The Hall–Kier alpha value is -2.39. The Kier molecular flexibility index (Phi) is 7.31. The van der Waals surface area contributed by atoms with Crippen molar-refractivity contribution >= 4 is 31.5 Å². The summed E-state index contributed by atoms with van der Waals surface area (Å²) < 4.78 is 49.1. The molecule has 0 saturated carbocycles. The Morgan fingerprint density at radius 2 is 1.60 bits per heavy atom. The van der Waals surface area contributed by atoms with Crippen molar-refractivity contribution in [3.8, 4) is 0 Å². The molecule has 0 bridgehead atoms. The fourth-order valence-electron chi connectivity index (χ4n) is 3.13. The zero-order chi connectivity index (χ0) is 22.7. The molecule has 2 aromatic carbocycles. The smallest absolute Gasteiger partial charge is 0.241 e. The standard InChI is InChI=1S/C21H28N2O5S2/c1-6-19(17-10-12-18(13-11-17)29(4,25)26)22-21(24)14-23(30(5,27)28)20-9-7-8-15(2)16(20)3/h7-13,19H,6,14H2,1-5H3,(H,22,24). The van der Waals surface area contributed by atoms with E-state index in [0.29, 0.717) is 12.1 Å². The SMILES string of the molecule is CCC(NC(=O)CN(c1cccc(C)c1C)S(C)(=O)=O)c1ccc(S(C)(=O)=O)cc1. The highest BCUT2D eigenvalue weighted by molar-refractivity contribution is 7.92. The summed E-state index contributed by atoms with van der Waals surface area (Å²) >= 11 is 0. The molecule has 1 atom stereocenters. The molecule has 2 aromatic rings. The fourth-order valence-corrected chi connectivity index (χ4v) is 4.66. The van der Waals surface area contributed by atoms with Gasteiger partial charge in [0.15, 0.2) is 9.84 Å². The fraction of sp³-hybridized carbons (Fsp3) is 0.381. The van der Waals surface area contributed by atoms with Crippen molar-refractivity contribution in [1.29, 1.82) is 0 Å². The van der Waals surface area contributed by atoms with E-state index in [0.717, 1.165) is 33.5 Å². The maximum atomic E-state index is 12.7. The highest BCUT2D eigenvalue weighted by Crippen LogP contribution is 2.25. The molecule has 0 fully saturated rings. The van der Waals surface area contributed by atoms with Gasteiger partial charge in [-0.2, -0.15) is 0 Å². The van der Waals surface area contributed by atoms with Gasteiger partial charge in [0.25, 0.3) is 0 Å². The third kappa shape index (κ3) is 5.82. The maximum absolute atomic E-state index is 12.7. The Morgan fingerprint density at radius 1 is 1.00 bits per heavy atom. The molecule has 0 aromatic heterocycles. The predicted octanol–water partition coefficient (Wildman–Crippen LogP) is 2.74. The van der Waals surface area contributed by atoms with Gasteiger partial charge in [-0.05, 0) is 55.2 Å². The molecule has 7 nitrogen and oxygen atoms in total. The summed E-state index contributed by atoms with van der Waals surface area (Å²) in [5.41, 5.74) is 2.94. The van der Waals surface area contributed by atoms with Crippen LogP contribution in [0.4, 0.5) is 5.69 Å². The Labute approximate surface area is 179 Å². The van der Waals surface area contributed by atoms with E-state index in [1.807, 2.05) is 26.8 Å². The lowest BCUT2D eigenvalue weighted by molar-refractivity contribution is -0.120. The lowest BCUT2D eigenvalue weighted by atomic mass is 10.0. The van der Waals surface area contributed by atoms with E-state index in [-0.39, 0.29) is 17.5 Å². The first-order valence-electron chi connectivity index (χ1n) is 9.48. The van der Waals surface area contributed by atoms with Gasteiger partial charge in [0.05, 0.1) is 22.9 Å². The predicted molar refractivity (Wildman–Crippen MR) is 119 cm³/mol. The second-order valence-electron chi connectivity index (χ2n) is 7.36. The third-order valence-corrected chi connectivity index (χ3v) is 7.24. The highest BCUT2D eigenvalue weighted by Gasteiger charge is 2.24. The van der Waals surface area contributed by atoms with Crippen molar-refractivity contribution in [2.24, 2.45) is 0 Å². The summed E-state index contributed by atoms with van der Waals surface area (Å²) in [6.45, 7) is 5.24. The number of nitrogens with one attached hydrogen (secondary N) is 1. The van der Waals surface area contributed by atoms with Crippen LogP contribution >= 0.6 is 0 Å². The maximum Gasteiger partial charge on any atom is 0.241 e. The molecule has 1 unspecified atom stereocenters. The monoisotopic (exact) mass is 452 g/mol. The molecule has 164 valence electrons. The van der Waals surface area contributed by atoms with Crippen molar-refractivity contribution < 1.29 is 21.6 Å². The van der Waals surface area contributed by atoms with Gasteiger partial charge in [-0.3, -0.25) is 9.10 Å². The second-order valence-corrected chi connectivity index (χ2v) is 11.3. The minimum absolute atomic E-state index is 0.200. The number of nitrogens with zero attached hydrogens (tertiary/aromatic N) is 1. The van der Waals surface area contributed by atoms with E-state index in [1.165, 1.54) is 12.1 Å². The van der Waals surface area contributed by atoms with Crippen LogP contribution in [0.2, 0.25) is 0 Å². The largest absolute Gasteiger partial charge is 0.348 e. The molecule has 0 aliphatic carbocycles. The summed E-state index contributed by atoms with van der Waals surface area (Å²) in [6.07, 6.45) is 2.77. The van der Waals surface area contributed by atoms with Gasteiger partial charge in [0.1, 0.15) is 6.54 Å². The van der Waals surface area contributed by atoms with Gasteiger partial charge in [0, 0.05) is 6.26 Å². The first-order chi connectivity index (χ1) is 13.8. The van der Waals surface area contributed by atoms with Gasteiger partial charge in [-0.15, -0.1) is 0 Å². The van der Waals surface area contributed by atoms with E-state index in [9.17, 15) is 21.6 Å². The van der Waals surface area contributed by atoms with E-state index >= 15 is 0 Å². The van der Waals surface area contributed by atoms with Crippen LogP contribution in [-0.2, 0) is 24.7 Å². The Morgan fingerprint density at radius 3 is 2.10 bits per heavy atom. The van der Waals surface area contributed by atoms with E-state index < -0.39 is 25.8 Å². The summed E-state index contributed by atoms with van der Waals surface area (Å²) in [5, 5.41) is 2.85. The topological polar surface area (TPSA) is 101 Å². The molecule has 0 aliphatic rings. The first kappa shape index (κ1) is 23.9. The summed E-state index contributed by atoms with van der Waals surface area (Å²) in [7, 11) is -6.98. The van der Waals surface area contributed by atoms with Crippen LogP contribution in [0.1, 0.15) is 36.1 Å². The van der Waals surface area contributed by atoms with Crippen molar-refractivity contribution in [2.75, 3.05) is 23.4 Å². The summed E-state index contributed by atoms with van der Waals surface area (Å²) in [5.74, 6) is -0.444. The van der Waals surface area contributed by atoms with E-state index in [2.05, 4.69) is 5.32 Å². The number of aryl methyl sites for hydroxylation is 1. The summed E-state index contributed by atoms with van der Waals surface area (Å²) in [6, 6.07) is 11.3. The molecule has 0 saturated heterocycles. The van der Waals surface area contributed by atoms with Crippen LogP contribution in [-0.4, -0.2) is 41.8 Å². The number of sulfonamides is 1. The lowest BCUT2D eigenvalue weighted by Gasteiger charge is -2.26. The van der Waals surface area contributed by atoms with Crippen molar-refractivity contribution in [3.63, 3.8) is 0 Å². The van der Waals surface area contributed by atoms with Crippen LogP contribution in [0.25, 0.3) is 0 Å². The van der Waals surface area contributed by atoms with Gasteiger partial charge in [-0.1, -0.05) is 31.2 Å². The molecule has 30 heavy (non-hydrogen) atoms. The van der Waals surface area contributed by atoms with Gasteiger partial charge >= 0.3 is 0 Å². The molecule has 0 aliphatic heterocycles. The molecule has 9 heteroatoms. The molecular weight excluding hydrogens is 424 g/mol. The molecule has 1 amide bonds. The van der Waals surface area contributed by atoms with Crippen LogP contribution in [0.15, 0.2) is 47.4 Å². The molecule has 0 spiro atoms. The second kappa shape index (κ2) is 9.18.